The number of nitrogens with one attached hydrogen (secondary N) is 1. The van der Waals surface area contributed by atoms with Gasteiger partial charge in [-0.15, -0.1) is 0 Å². The molecule has 1 aliphatic rings. The molecule has 0 amide bonds. The monoisotopic (exact) mass is 267 g/mol. The van der Waals surface area contributed by atoms with Crippen molar-refractivity contribution in [3.63, 3.8) is 0 Å². The summed E-state index contributed by atoms with van der Waals surface area (Å²) in [5.41, 5.74) is 5.03. The van der Waals surface area contributed by atoms with E-state index in [1.807, 2.05) is 6.92 Å². The fourth-order valence-electron chi connectivity index (χ4n) is 2.13. The number of rotatable bonds is 5. The van der Waals surface area contributed by atoms with Crippen LogP contribution in [0.3, 0.4) is 0 Å². The largest absolute Gasteiger partial charge is 0.399 e. The molecule has 1 fully saturated rings. The highest BCUT2D eigenvalue weighted by atomic mass is 19.4. The Balaban J connectivity index is 2.46. The standard InChI is InChI=1S/C11H20F3N3O/c1-2-18-8-3-5-17(6-4-8)7-9(10(15)16)11(12,13)14/h8-9H,2-7H2,1H3,(H3,15,16). The maximum Gasteiger partial charge on any atom is 0.399 e. The molecule has 18 heavy (non-hydrogen) atoms. The van der Waals surface area contributed by atoms with E-state index in [0.717, 1.165) is 12.8 Å². The van der Waals surface area contributed by atoms with Gasteiger partial charge in [0.25, 0.3) is 0 Å². The average Bonchev–Trinajstić information content (AvgIpc) is 2.26. The summed E-state index contributed by atoms with van der Waals surface area (Å²) in [7, 11) is 0. The summed E-state index contributed by atoms with van der Waals surface area (Å²) in [4.78, 5) is 1.70. The molecule has 0 aliphatic carbocycles. The van der Waals surface area contributed by atoms with Crippen molar-refractivity contribution in [2.45, 2.75) is 32.0 Å². The number of nitrogens with two attached hydrogens (primary N) is 1. The van der Waals surface area contributed by atoms with Crippen LogP contribution in [0.2, 0.25) is 0 Å². The van der Waals surface area contributed by atoms with Gasteiger partial charge >= 0.3 is 6.18 Å². The van der Waals surface area contributed by atoms with E-state index in [2.05, 4.69) is 0 Å². The number of ether oxygens (including phenoxy) is 1. The molecular formula is C11H20F3N3O. The Labute approximate surface area is 105 Å². The average molecular weight is 267 g/mol. The van der Waals surface area contributed by atoms with E-state index in [1.54, 1.807) is 4.90 Å². The molecule has 1 atom stereocenters. The van der Waals surface area contributed by atoms with E-state index in [-0.39, 0.29) is 12.6 Å². The van der Waals surface area contributed by atoms with Gasteiger partial charge in [0.15, 0.2) is 0 Å². The Morgan fingerprint density at radius 2 is 2.00 bits per heavy atom. The maximum atomic E-state index is 12.7. The third-order valence-electron chi connectivity index (χ3n) is 3.15. The highest BCUT2D eigenvalue weighted by molar-refractivity contribution is 5.80. The highest BCUT2D eigenvalue weighted by Crippen LogP contribution is 2.28. The van der Waals surface area contributed by atoms with Crippen LogP contribution in [-0.2, 0) is 4.74 Å². The van der Waals surface area contributed by atoms with Gasteiger partial charge < -0.3 is 15.4 Å². The van der Waals surface area contributed by atoms with Crippen molar-refractivity contribution < 1.29 is 17.9 Å². The van der Waals surface area contributed by atoms with Crippen LogP contribution in [-0.4, -0.2) is 49.3 Å². The predicted octanol–water partition coefficient (Wildman–Crippen LogP) is 1.60. The zero-order valence-corrected chi connectivity index (χ0v) is 10.5. The molecule has 0 aromatic rings. The number of likely N-dealkylation sites (tertiary alicyclic amines) is 1. The Kier molecular flexibility index (Phi) is 5.40. The maximum absolute atomic E-state index is 12.7. The zero-order valence-electron chi connectivity index (χ0n) is 10.5. The second-order valence-electron chi connectivity index (χ2n) is 4.50. The number of hydrogen-bond donors (Lipinski definition) is 2. The van der Waals surface area contributed by atoms with Crippen LogP contribution in [0.15, 0.2) is 0 Å². The van der Waals surface area contributed by atoms with Crippen molar-refractivity contribution >= 4 is 5.84 Å². The van der Waals surface area contributed by atoms with Gasteiger partial charge in [-0.05, 0) is 19.8 Å². The van der Waals surface area contributed by atoms with Crippen molar-refractivity contribution in [2.24, 2.45) is 11.7 Å². The lowest BCUT2D eigenvalue weighted by Gasteiger charge is -2.34. The van der Waals surface area contributed by atoms with Gasteiger partial charge in [-0.1, -0.05) is 0 Å². The summed E-state index contributed by atoms with van der Waals surface area (Å²) >= 11 is 0. The minimum Gasteiger partial charge on any atom is -0.387 e. The molecule has 106 valence electrons. The topological polar surface area (TPSA) is 62.3 Å². The fraction of sp³-hybridized carbons (Fsp3) is 0.909. The van der Waals surface area contributed by atoms with E-state index < -0.39 is 17.9 Å². The van der Waals surface area contributed by atoms with Crippen LogP contribution in [0, 0.1) is 11.3 Å². The Morgan fingerprint density at radius 3 is 2.39 bits per heavy atom. The van der Waals surface area contributed by atoms with Gasteiger partial charge in [-0.25, -0.2) is 0 Å². The molecule has 0 aromatic carbocycles. The first-order chi connectivity index (χ1) is 8.34. The van der Waals surface area contributed by atoms with Gasteiger partial charge in [0.1, 0.15) is 11.8 Å². The molecule has 1 heterocycles. The first-order valence-electron chi connectivity index (χ1n) is 6.09. The quantitative estimate of drug-likeness (QED) is 0.587. The molecule has 7 heteroatoms. The summed E-state index contributed by atoms with van der Waals surface area (Å²) < 4.78 is 43.4. The summed E-state index contributed by atoms with van der Waals surface area (Å²) in [6.07, 6.45) is -2.83. The number of amidine groups is 1. The molecule has 3 N–H and O–H groups in total. The van der Waals surface area contributed by atoms with Crippen molar-refractivity contribution in [1.29, 1.82) is 5.41 Å². The smallest absolute Gasteiger partial charge is 0.387 e. The van der Waals surface area contributed by atoms with Crippen LogP contribution in [0.1, 0.15) is 19.8 Å². The SMILES string of the molecule is CCOC1CCN(CC(C(=N)N)C(F)(F)F)CC1. The number of hydrogen-bond acceptors (Lipinski definition) is 3. The van der Waals surface area contributed by atoms with Gasteiger partial charge in [-0.2, -0.15) is 13.2 Å². The normalized spacial score (nSPS) is 20.9. The number of halogens is 3. The number of nitrogens with zero attached hydrogens (tertiary/aromatic N) is 1. The van der Waals surface area contributed by atoms with Crippen molar-refractivity contribution in [3.05, 3.63) is 0 Å². The molecule has 1 saturated heterocycles. The molecule has 1 aliphatic heterocycles. The zero-order chi connectivity index (χ0) is 13.8. The minimum atomic E-state index is -4.44. The molecule has 1 unspecified atom stereocenters. The molecule has 0 bridgehead atoms. The molecule has 0 aromatic heterocycles. The van der Waals surface area contributed by atoms with Crippen molar-refractivity contribution in [1.82, 2.24) is 4.90 Å². The lowest BCUT2D eigenvalue weighted by molar-refractivity contribution is -0.161. The first-order valence-corrected chi connectivity index (χ1v) is 6.09. The second-order valence-corrected chi connectivity index (χ2v) is 4.50. The van der Waals surface area contributed by atoms with Gasteiger partial charge in [0.05, 0.1) is 6.10 Å². The lowest BCUT2D eigenvalue weighted by atomic mass is 10.0. The lowest BCUT2D eigenvalue weighted by Crippen LogP contribution is -2.47. The van der Waals surface area contributed by atoms with E-state index >= 15 is 0 Å². The van der Waals surface area contributed by atoms with Crippen molar-refractivity contribution in [3.8, 4) is 0 Å². The van der Waals surface area contributed by atoms with Crippen LogP contribution in [0.4, 0.5) is 13.2 Å². The summed E-state index contributed by atoms with van der Waals surface area (Å²) in [6.45, 7) is 3.43. The predicted molar refractivity (Wildman–Crippen MR) is 62.5 cm³/mol. The summed E-state index contributed by atoms with van der Waals surface area (Å²) in [6, 6.07) is 0. The third kappa shape index (κ3) is 4.45. The molecule has 0 saturated carbocycles. The van der Waals surface area contributed by atoms with E-state index in [4.69, 9.17) is 15.9 Å². The Bertz CT molecular complexity index is 275. The van der Waals surface area contributed by atoms with Crippen LogP contribution in [0.5, 0.6) is 0 Å². The Morgan fingerprint density at radius 1 is 1.44 bits per heavy atom. The van der Waals surface area contributed by atoms with Crippen LogP contribution in [0.25, 0.3) is 0 Å². The van der Waals surface area contributed by atoms with E-state index in [9.17, 15) is 13.2 Å². The van der Waals surface area contributed by atoms with Gasteiger partial charge in [0.2, 0.25) is 0 Å². The molecule has 4 nitrogen and oxygen atoms in total. The summed E-state index contributed by atoms with van der Waals surface area (Å²) in [5.74, 6) is -2.67. The second kappa shape index (κ2) is 6.38. The molecule has 0 spiro atoms. The third-order valence-corrected chi connectivity index (χ3v) is 3.15. The van der Waals surface area contributed by atoms with Crippen molar-refractivity contribution in [2.75, 3.05) is 26.2 Å². The highest BCUT2D eigenvalue weighted by Gasteiger charge is 2.43. The Hall–Kier alpha value is -0.820. The fourth-order valence-corrected chi connectivity index (χ4v) is 2.13. The molecule has 1 rings (SSSR count). The van der Waals surface area contributed by atoms with Crippen LogP contribution >= 0.6 is 0 Å². The summed E-state index contributed by atoms with van der Waals surface area (Å²) in [5, 5.41) is 7.04. The van der Waals surface area contributed by atoms with Crippen LogP contribution < -0.4 is 5.73 Å². The molecule has 0 radical (unpaired) electrons. The van der Waals surface area contributed by atoms with E-state index in [1.165, 1.54) is 0 Å². The van der Waals surface area contributed by atoms with Gasteiger partial charge in [0, 0.05) is 26.2 Å². The number of piperidine rings is 1. The van der Waals surface area contributed by atoms with E-state index in [0.29, 0.717) is 19.7 Å². The number of alkyl halides is 3. The minimum absolute atomic E-state index is 0.146. The molecular weight excluding hydrogens is 247 g/mol. The van der Waals surface area contributed by atoms with Gasteiger partial charge in [-0.3, -0.25) is 5.41 Å². The first kappa shape index (κ1) is 15.2.